The molecule has 0 N–H and O–H groups in total. The van der Waals surface area contributed by atoms with Gasteiger partial charge in [0.1, 0.15) is 5.75 Å². The molecular weight excluding hydrogens is 274 g/mol. The van der Waals surface area contributed by atoms with Gasteiger partial charge in [0.25, 0.3) is 5.91 Å². The summed E-state index contributed by atoms with van der Waals surface area (Å²) in [5.74, 6) is 0.743. The van der Waals surface area contributed by atoms with Crippen molar-refractivity contribution in [2.45, 2.75) is 26.8 Å². The van der Waals surface area contributed by atoms with Gasteiger partial charge in [-0.1, -0.05) is 49.4 Å². The summed E-state index contributed by atoms with van der Waals surface area (Å²) in [5.41, 5.74) is 2.39. The number of benzene rings is 2. The summed E-state index contributed by atoms with van der Waals surface area (Å²) in [6, 6.07) is 17.9. The standard InChI is InChI=1S/C19H23NO2/c1-3-16-10-12-18(13-11-16)22-15-19(21)20(4-2)14-17-8-6-5-7-9-17/h5-13H,3-4,14-15H2,1-2H3. The van der Waals surface area contributed by atoms with Crippen LogP contribution in [0.15, 0.2) is 54.6 Å². The zero-order valence-corrected chi connectivity index (χ0v) is 13.3. The predicted molar refractivity (Wildman–Crippen MR) is 88.8 cm³/mol. The van der Waals surface area contributed by atoms with Crippen LogP contribution in [-0.4, -0.2) is 24.0 Å². The summed E-state index contributed by atoms with van der Waals surface area (Å²) in [6.07, 6.45) is 1.000. The van der Waals surface area contributed by atoms with E-state index in [1.807, 2.05) is 61.5 Å². The topological polar surface area (TPSA) is 29.5 Å². The molecule has 1 amide bonds. The lowest BCUT2D eigenvalue weighted by Gasteiger charge is -2.21. The van der Waals surface area contributed by atoms with Crippen LogP contribution < -0.4 is 4.74 Å². The summed E-state index contributed by atoms with van der Waals surface area (Å²) >= 11 is 0. The largest absolute Gasteiger partial charge is 0.484 e. The third-order valence-corrected chi connectivity index (χ3v) is 3.64. The van der Waals surface area contributed by atoms with Gasteiger partial charge in [0.15, 0.2) is 6.61 Å². The molecule has 3 nitrogen and oxygen atoms in total. The van der Waals surface area contributed by atoms with Crippen LogP contribution in [0.5, 0.6) is 5.75 Å². The van der Waals surface area contributed by atoms with Crippen molar-refractivity contribution in [2.24, 2.45) is 0 Å². The molecule has 0 aliphatic heterocycles. The van der Waals surface area contributed by atoms with E-state index in [1.165, 1.54) is 5.56 Å². The van der Waals surface area contributed by atoms with Crippen LogP contribution >= 0.6 is 0 Å². The number of nitrogens with zero attached hydrogens (tertiary/aromatic N) is 1. The van der Waals surface area contributed by atoms with E-state index in [2.05, 4.69) is 6.92 Å². The normalized spacial score (nSPS) is 10.3. The molecule has 116 valence electrons. The number of carbonyl (C=O) groups excluding carboxylic acids is 1. The lowest BCUT2D eigenvalue weighted by atomic mass is 10.2. The van der Waals surface area contributed by atoms with Gasteiger partial charge in [0.2, 0.25) is 0 Å². The van der Waals surface area contributed by atoms with E-state index < -0.39 is 0 Å². The van der Waals surface area contributed by atoms with Crippen LogP contribution in [0.1, 0.15) is 25.0 Å². The Morgan fingerprint density at radius 1 is 0.955 bits per heavy atom. The molecule has 0 saturated heterocycles. The number of hydrogen-bond donors (Lipinski definition) is 0. The van der Waals surface area contributed by atoms with Crippen molar-refractivity contribution in [1.29, 1.82) is 0 Å². The highest BCUT2D eigenvalue weighted by atomic mass is 16.5. The molecule has 0 spiro atoms. The van der Waals surface area contributed by atoms with E-state index in [-0.39, 0.29) is 12.5 Å². The predicted octanol–water partition coefficient (Wildman–Crippen LogP) is 3.68. The molecule has 0 aromatic heterocycles. The fourth-order valence-electron chi connectivity index (χ4n) is 2.24. The number of ether oxygens (including phenoxy) is 1. The van der Waals surface area contributed by atoms with E-state index in [1.54, 1.807) is 4.90 Å². The summed E-state index contributed by atoms with van der Waals surface area (Å²) in [4.78, 5) is 14.1. The van der Waals surface area contributed by atoms with E-state index in [0.717, 1.165) is 17.7 Å². The first kappa shape index (κ1) is 16.1. The maximum Gasteiger partial charge on any atom is 0.260 e. The lowest BCUT2D eigenvalue weighted by Crippen LogP contribution is -2.34. The second-order valence-electron chi connectivity index (χ2n) is 5.18. The van der Waals surface area contributed by atoms with Crippen molar-refractivity contribution in [3.63, 3.8) is 0 Å². The van der Waals surface area contributed by atoms with Crippen molar-refractivity contribution in [3.05, 3.63) is 65.7 Å². The Hall–Kier alpha value is -2.29. The maximum atomic E-state index is 12.3. The van der Waals surface area contributed by atoms with Gasteiger partial charge in [-0.3, -0.25) is 4.79 Å². The summed E-state index contributed by atoms with van der Waals surface area (Å²) in [5, 5.41) is 0. The van der Waals surface area contributed by atoms with Crippen molar-refractivity contribution in [3.8, 4) is 5.75 Å². The average molecular weight is 297 g/mol. The molecule has 2 rings (SSSR count). The number of amides is 1. The number of aryl methyl sites for hydroxylation is 1. The average Bonchev–Trinajstić information content (AvgIpc) is 2.59. The molecular formula is C19H23NO2. The number of carbonyl (C=O) groups is 1. The highest BCUT2D eigenvalue weighted by Gasteiger charge is 2.12. The molecule has 0 heterocycles. The van der Waals surface area contributed by atoms with Crippen LogP contribution in [0.3, 0.4) is 0 Å². The molecule has 0 bridgehead atoms. The Balaban J connectivity index is 1.88. The molecule has 0 atom stereocenters. The number of rotatable bonds is 7. The van der Waals surface area contributed by atoms with Gasteiger partial charge in [-0.25, -0.2) is 0 Å². The molecule has 2 aromatic rings. The minimum absolute atomic E-state index is 0.00548. The monoisotopic (exact) mass is 297 g/mol. The van der Waals surface area contributed by atoms with E-state index in [4.69, 9.17) is 4.74 Å². The molecule has 0 fully saturated rings. The minimum Gasteiger partial charge on any atom is -0.484 e. The molecule has 2 aromatic carbocycles. The molecule has 22 heavy (non-hydrogen) atoms. The molecule has 0 unspecified atom stereocenters. The summed E-state index contributed by atoms with van der Waals surface area (Å²) in [6.45, 7) is 5.46. The van der Waals surface area contributed by atoms with Crippen LogP contribution in [0.4, 0.5) is 0 Å². The van der Waals surface area contributed by atoms with Crippen LogP contribution in [0.2, 0.25) is 0 Å². The molecule has 0 aliphatic carbocycles. The Kier molecular flexibility index (Phi) is 6.01. The van der Waals surface area contributed by atoms with E-state index >= 15 is 0 Å². The fraction of sp³-hybridized carbons (Fsp3) is 0.316. The Labute approximate surface area is 132 Å². The highest BCUT2D eigenvalue weighted by Crippen LogP contribution is 2.13. The SMILES string of the molecule is CCc1ccc(OCC(=O)N(CC)Cc2ccccc2)cc1. The smallest absolute Gasteiger partial charge is 0.260 e. The first-order valence-corrected chi connectivity index (χ1v) is 7.76. The molecule has 0 saturated carbocycles. The minimum atomic E-state index is 0.00548. The molecule has 3 heteroatoms. The second kappa shape index (κ2) is 8.23. The van der Waals surface area contributed by atoms with Crippen molar-refractivity contribution >= 4 is 5.91 Å². The van der Waals surface area contributed by atoms with E-state index in [0.29, 0.717) is 13.1 Å². The zero-order chi connectivity index (χ0) is 15.8. The molecule has 0 radical (unpaired) electrons. The third-order valence-electron chi connectivity index (χ3n) is 3.64. The van der Waals surface area contributed by atoms with Gasteiger partial charge in [-0.15, -0.1) is 0 Å². The second-order valence-corrected chi connectivity index (χ2v) is 5.18. The van der Waals surface area contributed by atoms with Crippen LogP contribution in [0.25, 0.3) is 0 Å². The Bertz CT molecular complexity index is 578. The quantitative estimate of drug-likeness (QED) is 0.780. The van der Waals surface area contributed by atoms with Gasteiger partial charge in [0, 0.05) is 13.1 Å². The Morgan fingerprint density at radius 3 is 2.23 bits per heavy atom. The van der Waals surface area contributed by atoms with Crippen molar-refractivity contribution in [2.75, 3.05) is 13.2 Å². The maximum absolute atomic E-state index is 12.3. The highest BCUT2D eigenvalue weighted by molar-refractivity contribution is 5.77. The molecule has 0 aliphatic rings. The number of likely N-dealkylation sites (N-methyl/N-ethyl adjacent to an activating group) is 1. The van der Waals surface area contributed by atoms with Crippen LogP contribution in [-0.2, 0) is 17.8 Å². The van der Waals surface area contributed by atoms with Gasteiger partial charge in [-0.2, -0.15) is 0 Å². The number of hydrogen-bond acceptors (Lipinski definition) is 2. The van der Waals surface area contributed by atoms with Crippen molar-refractivity contribution < 1.29 is 9.53 Å². The van der Waals surface area contributed by atoms with Gasteiger partial charge in [-0.05, 0) is 36.6 Å². The Morgan fingerprint density at radius 2 is 1.64 bits per heavy atom. The first-order chi connectivity index (χ1) is 10.7. The third kappa shape index (κ3) is 4.62. The van der Waals surface area contributed by atoms with E-state index in [9.17, 15) is 4.79 Å². The van der Waals surface area contributed by atoms with Gasteiger partial charge < -0.3 is 9.64 Å². The van der Waals surface area contributed by atoms with Crippen molar-refractivity contribution in [1.82, 2.24) is 4.90 Å². The first-order valence-electron chi connectivity index (χ1n) is 7.76. The van der Waals surface area contributed by atoms with Gasteiger partial charge in [0.05, 0.1) is 0 Å². The van der Waals surface area contributed by atoms with Gasteiger partial charge >= 0.3 is 0 Å². The lowest BCUT2D eigenvalue weighted by molar-refractivity contribution is -0.133. The van der Waals surface area contributed by atoms with Crippen LogP contribution in [0, 0.1) is 0 Å². The summed E-state index contributed by atoms with van der Waals surface area (Å²) in [7, 11) is 0. The summed E-state index contributed by atoms with van der Waals surface area (Å²) < 4.78 is 5.60. The fourth-order valence-corrected chi connectivity index (χ4v) is 2.24. The zero-order valence-electron chi connectivity index (χ0n) is 13.3.